The summed E-state index contributed by atoms with van der Waals surface area (Å²) in [6.45, 7) is 7.80. The molecule has 2 aliphatic heterocycles. The van der Waals surface area contributed by atoms with Crippen LogP contribution in [-0.2, 0) is 11.3 Å². The van der Waals surface area contributed by atoms with Gasteiger partial charge in [-0.25, -0.2) is 4.39 Å². The zero-order chi connectivity index (χ0) is 19.2. The molecule has 8 heteroatoms. The number of likely N-dealkylation sites (tertiary alicyclic amines) is 1. The Morgan fingerprint density at radius 2 is 1.68 bits per heavy atom. The molecule has 0 aliphatic carbocycles. The number of nitrogens with one attached hydrogen (secondary N) is 1. The molecule has 1 atom stereocenters. The van der Waals surface area contributed by atoms with Crippen LogP contribution in [0.2, 0.25) is 0 Å². The Labute approximate surface area is 184 Å². The largest absolute Gasteiger partial charge is 0.352 e. The molecule has 2 fully saturated rings. The molecule has 1 N–H and O–H groups in total. The standard InChI is InChI=1S/C20H30FN5O.HI/c1-16(19(27)25-9-3-4-10-25)24-11-13-26(14-12-24)20(22-2)23-15-17-5-7-18(21)8-6-17;/h5-8,16H,3-4,9-15H2,1-2H3,(H,22,23);1H. The number of amides is 1. The van der Waals surface area contributed by atoms with Gasteiger partial charge < -0.3 is 15.1 Å². The minimum absolute atomic E-state index is 0. The molecule has 0 spiro atoms. The smallest absolute Gasteiger partial charge is 0.239 e. The maximum Gasteiger partial charge on any atom is 0.239 e. The molecule has 1 aromatic carbocycles. The topological polar surface area (TPSA) is 51.2 Å². The fourth-order valence-corrected chi connectivity index (χ4v) is 3.79. The van der Waals surface area contributed by atoms with Crippen molar-refractivity contribution in [3.8, 4) is 0 Å². The third kappa shape index (κ3) is 5.79. The van der Waals surface area contributed by atoms with Crippen LogP contribution in [-0.4, -0.2) is 78.9 Å². The van der Waals surface area contributed by atoms with Gasteiger partial charge in [-0.05, 0) is 37.5 Å². The van der Waals surface area contributed by atoms with E-state index in [1.807, 2.05) is 11.8 Å². The van der Waals surface area contributed by atoms with Gasteiger partial charge in [0, 0.05) is 52.9 Å². The van der Waals surface area contributed by atoms with Crippen molar-refractivity contribution in [1.29, 1.82) is 0 Å². The van der Waals surface area contributed by atoms with Crippen molar-refractivity contribution in [2.24, 2.45) is 4.99 Å². The molecule has 156 valence electrons. The molecule has 6 nitrogen and oxygen atoms in total. The predicted octanol–water partition coefficient (Wildman–Crippen LogP) is 2.15. The minimum atomic E-state index is -0.225. The van der Waals surface area contributed by atoms with Crippen LogP contribution in [0.25, 0.3) is 0 Å². The zero-order valence-electron chi connectivity index (χ0n) is 16.7. The van der Waals surface area contributed by atoms with E-state index in [9.17, 15) is 9.18 Å². The van der Waals surface area contributed by atoms with Crippen LogP contribution in [0, 0.1) is 5.82 Å². The van der Waals surface area contributed by atoms with Gasteiger partial charge in [-0.1, -0.05) is 12.1 Å². The molecule has 2 aliphatic rings. The molecular formula is C20H31FIN5O. The van der Waals surface area contributed by atoms with E-state index in [0.717, 1.165) is 63.6 Å². The summed E-state index contributed by atoms with van der Waals surface area (Å²) in [5.41, 5.74) is 1.01. The SMILES string of the molecule is CN=C(NCc1ccc(F)cc1)N1CCN(C(C)C(=O)N2CCCC2)CC1.I. The summed E-state index contributed by atoms with van der Waals surface area (Å²) in [4.78, 5) is 23.5. The number of nitrogens with zero attached hydrogens (tertiary/aromatic N) is 4. The van der Waals surface area contributed by atoms with E-state index in [1.165, 1.54) is 12.1 Å². The summed E-state index contributed by atoms with van der Waals surface area (Å²) in [5.74, 6) is 0.883. The monoisotopic (exact) mass is 503 g/mol. The number of hydrogen-bond acceptors (Lipinski definition) is 3. The second-order valence-corrected chi connectivity index (χ2v) is 7.26. The summed E-state index contributed by atoms with van der Waals surface area (Å²) < 4.78 is 13.0. The van der Waals surface area contributed by atoms with Gasteiger partial charge in [0.2, 0.25) is 5.91 Å². The van der Waals surface area contributed by atoms with Crippen molar-refractivity contribution in [1.82, 2.24) is 20.0 Å². The number of rotatable bonds is 4. The summed E-state index contributed by atoms with van der Waals surface area (Å²) in [6, 6.07) is 6.44. The third-order valence-electron chi connectivity index (χ3n) is 5.51. The minimum Gasteiger partial charge on any atom is -0.352 e. The molecule has 2 heterocycles. The first-order valence-corrected chi connectivity index (χ1v) is 9.81. The number of piperazine rings is 1. The van der Waals surface area contributed by atoms with Gasteiger partial charge in [-0.15, -0.1) is 24.0 Å². The van der Waals surface area contributed by atoms with E-state index in [4.69, 9.17) is 0 Å². The maximum atomic E-state index is 13.0. The van der Waals surface area contributed by atoms with Crippen LogP contribution in [0.5, 0.6) is 0 Å². The van der Waals surface area contributed by atoms with Crippen molar-refractivity contribution in [3.63, 3.8) is 0 Å². The van der Waals surface area contributed by atoms with Crippen molar-refractivity contribution in [3.05, 3.63) is 35.6 Å². The summed E-state index contributed by atoms with van der Waals surface area (Å²) in [6.07, 6.45) is 2.25. The lowest BCUT2D eigenvalue weighted by Crippen LogP contribution is -2.57. The van der Waals surface area contributed by atoms with Crippen molar-refractivity contribution in [2.75, 3.05) is 46.3 Å². The van der Waals surface area contributed by atoms with E-state index in [-0.39, 0.29) is 41.7 Å². The van der Waals surface area contributed by atoms with E-state index in [1.54, 1.807) is 19.2 Å². The molecule has 0 bridgehead atoms. The van der Waals surface area contributed by atoms with E-state index >= 15 is 0 Å². The molecule has 3 rings (SSSR count). The molecule has 0 radical (unpaired) electrons. The Morgan fingerprint density at radius 3 is 2.25 bits per heavy atom. The second kappa shape index (κ2) is 10.9. The first-order valence-electron chi connectivity index (χ1n) is 9.81. The summed E-state index contributed by atoms with van der Waals surface area (Å²) in [5, 5.41) is 3.35. The Kier molecular flexibility index (Phi) is 8.94. The lowest BCUT2D eigenvalue weighted by Gasteiger charge is -2.39. The Bertz CT molecular complexity index is 655. The molecule has 1 aromatic rings. The van der Waals surface area contributed by atoms with Gasteiger partial charge in [-0.2, -0.15) is 0 Å². The van der Waals surface area contributed by atoms with Crippen LogP contribution >= 0.6 is 24.0 Å². The van der Waals surface area contributed by atoms with Crippen LogP contribution in [0.1, 0.15) is 25.3 Å². The zero-order valence-corrected chi connectivity index (χ0v) is 19.1. The highest BCUT2D eigenvalue weighted by atomic mass is 127. The number of aliphatic imine (C=N–C) groups is 1. The summed E-state index contributed by atoms with van der Waals surface area (Å²) in [7, 11) is 1.78. The van der Waals surface area contributed by atoms with Gasteiger partial charge in [0.25, 0.3) is 0 Å². The number of hydrogen-bond donors (Lipinski definition) is 1. The van der Waals surface area contributed by atoms with Crippen molar-refractivity contribution >= 4 is 35.8 Å². The van der Waals surface area contributed by atoms with E-state index in [2.05, 4.69) is 20.1 Å². The molecular weight excluding hydrogens is 472 g/mol. The lowest BCUT2D eigenvalue weighted by molar-refractivity contribution is -0.135. The Morgan fingerprint density at radius 1 is 1.07 bits per heavy atom. The normalized spacial score (nSPS) is 19.3. The average molecular weight is 503 g/mol. The quantitative estimate of drug-likeness (QED) is 0.389. The number of halogens is 2. The van der Waals surface area contributed by atoms with Crippen LogP contribution in [0.15, 0.2) is 29.3 Å². The number of carbonyl (C=O) groups is 1. The molecule has 2 saturated heterocycles. The first-order chi connectivity index (χ1) is 13.1. The van der Waals surface area contributed by atoms with Gasteiger partial charge in [0.1, 0.15) is 5.82 Å². The van der Waals surface area contributed by atoms with Crippen molar-refractivity contribution < 1.29 is 9.18 Å². The highest BCUT2D eigenvalue weighted by Gasteiger charge is 2.30. The van der Waals surface area contributed by atoms with Crippen LogP contribution in [0.3, 0.4) is 0 Å². The summed E-state index contributed by atoms with van der Waals surface area (Å²) >= 11 is 0. The highest BCUT2D eigenvalue weighted by Crippen LogP contribution is 2.14. The van der Waals surface area contributed by atoms with Gasteiger partial charge in [-0.3, -0.25) is 14.7 Å². The Balaban J connectivity index is 0.00000280. The van der Waals surface area contributed by atoms with E-state index in [0.29, 0.717) is 6.54 Å². The van der Waals surface area contributed by atoms with Crippen LogP contribution in [0.4, 0.5) is 4.39 Å². The molecule has 0 aromatic heterocycles. The number of carbonyl (C=O) groups excluding carboxylic acids is 1. The molecule has 28 heavy (non-hydrogen) atoms. The molecule has 1 amide bonds. The third-order valence-corrected chi connectivity index (χ3v) is 5.51. The fraction of sp³-hybridized carbons (Fsp3) is 0.600. The van der Waals surface area contributed by atoms with Crippen molar-refractivity contribution in [2.45, 2.75) is 32.4 Å². The lowest BCUT2D eigenvalue weighted by atomic mass is 10.2. The predicted molar refractivity (Wildman–Crippen MR) is 120 cm³/mol. The highest BCUT2D eigenvalue weighted by molar-refractivity contribution is 14.0. The van der Waals surface area contributed by atoms with Gasteiger partial charge in [0.15, 0.2) is 5.96 Å². The van der Waals surface area contributed by atoms with Gasteiger partial charge >= 0.3 is 0 Å². The first kappa shape index (κ1) is 22.9. The van der Waals surface area contributed by atoms with Crippen LogP contribution < -0.4 is 5.32 Å². The average Bonchev–Trinajstić information content (AvgIpc) is 3.24. The Hall–Kier alpha value is -1.42. The molecule has 0 saturated carbocycles. The maximum absolute atomic E-state index is 13.0. The number of guanidine groups is 1. The van der Waals surface area contributed by atoms with E-state index < -0.39 is 0 Å². The molecule has 1 unspecified atom stereocenters. The number of benzene rings is 1. The fourth-order valence-electron chi connectivity index (χ4n) is 3.79. The second-order valence-electron chi connectivity index (χ2n) is 7.26. The van der Waals surface area contributed by atoms with Gasteiger partial charge in [0.05, 0.1) is 6.04 Å².